The largest absolute Gasteiger partial charge is 0.481 e. The Labute approximate surface area is 267 Å². The first kappa shape index (κ1) is 31.6. The molecule has 1 aromatic heterocycles. The summed E-state index contributed by atoms with van der Waals surface area (Å²) in [5.41, 5.74) is 4.17. The van der Waals surface area contributed by atoms with Crippen LogP contribution in [0.2, 0.25) is 0 Å². The van der Waals surface area contributed by atoms with E-state index >= 15 is 0 Å². The Hall–Kier alpha value is -4.39. The third-order valence-corrected chi connectivity index (χ3v) is 10.8. The maximum Gasteiger partial charge on any atom is 0.412 e. The van der Waals surface area contributed by atoms with Gasteiger partial charge in [0.25, 0.3) is 0 Å². The summed E-state index contributed by atoms with van der Waals surface area (Å²) in [5, 5.41) is 15.8. The fraction of sp³-hybridized carbons (Fsp3) is 0.455. The molecule has 2 heterocycles. The van der Waals surface area contributed by atoms with E-state index < -0.39 is 51.7 Å². The monoisotopic (exact) mass is 650 g/mol. The highest BCUT2D eigenvalue weighted by molar-refractivity contribution is 7.90. The van der Waals surface area contributed by atoms with Gasteiger partial charge in [0.1, 0.15) is 17.5 Å². The number of amides is 2. The number of carbonyl (C=O) groups is 3. The first-order chi connectivity index (χ1) is 21.8. The van der Waals surface area contributed by atoms with Gasteiger partial charge in [0.05, 0.1) is 17.6 Å². The van der Waals surface area contributed by atoms with Crippen LogP contribution in [-0.2, 0) is 29.8 Å². The van der Waals surface area contributed by atoms with Gasteiger partial charge in [0.15, 0.2) is 5.76 Å². The number of carboxylic acids is 1. The number of sulfonamides is 1. The zero-order valence-corrected chi connectivity index (χ0v) is 26.9. The van der Waals surface area contributed by atoms with Crippen molar-refractivity contribution in [2.24, 2.45) is 5.41 Å². The number of aliphatic carboxylic acids is 1. The average Bonchev–Trinajstić information content (AvgIpc) is 3.71. The van der Waals surface area contributed by atoms with E-state index in [0.717, 1.165) is 48.3 Å². The second kappa shape index (κ2) is 11.8. The van der Waals surface area contributed by atoms with Gasteiger partial charge in [-0.05, 0) is 75.3 Å². The molecule has 0 bridgehead atoms. The number of rotatable bonds is 11. The summed E-state index contributed by atoms with van der Waals surface area (Å²) < 4.78 is 37.8. The number of anilines is 2. The van der Waals surface area contributed by atoms with E-state index in [1.54, 1.807) is 6.92 Å². The van der Waals surface area contributed by atoms with E-state index in [-0.39, 0.29) is 11.3 Å². The van der Waals surface area contributed by atoms with E-state index in [4.69, 9.17) is 14.4 Å². The van der Waals surface area contributed by atoms with Gasteiger partial charge in [0, 0.05) is 30.1 Å². The van der Waals surface area contributed by atoms with Crippen LogP contribution in [0.5, 0.6) is 0 Å². The lowest BCUT2D eigenvalue weighted by molar-refractivity contribution is -0.136. The van der Waals surface area contributed by atoms with E-state index in [0.29, 0.717) is 30.0 Å². The summed E-state index contributed by atoms with van der Waals surface area (Å²) in [4.78, 5) is 38.7. The lowest BCUT2D eigenvalue weighted by Crippen LogP contribution is -2.61. The number of ether oxygens (including phenoxy) is 1. The molecule has 2 aromatic carbocycles. The Kier molecular flexibility index (Phi) is 8.07. The van der Waals surface area contributed by atoms with Crippen LogP contribution in [0.3, 0.4) is 0 Å². The fourth-order valence-corrected chi connectivity index (χ4v) is 7.89. The van der Waals surface area contributed by atoms with E-state index in [2.05, 4.69) is 20.1 Å². The zero-order chi connectivity index (χ0) is 32.9. The van der Waals surface area contributed by atoms with Crippen molar-refractivity contribution >= 4 is 39.4 Å². The van der Waals surface area contributed by atoms with Gasteiger partial charge < -0.3 is 19.3 Å². The Balaban J connectivity index is 1.01. The van der Waals surface area contributed by atoms with Gasteiger partial charge in [0.2, 0.25) is 15.9 Å². The second-order valence-electron chi connectivity index (χ2n) is 13.0. The Morgan fingerprint density at radius 3 is 2.39 bits per heavy atom. The van der Waals surface area contributed by atoms with Crippen molar-refractivity contribution in [3.8, 4) is 0 Å². The van der Waals surface area contributed by atoms with Crippen LogP contribution in [0.15, 0.2) is 53.1 Å². The number of hydrogen-bond donors (Lipinski definition) is 3. The Bertz CT molecular complexity index is 1770. The summed E-state index contributed by atoms with van der Waals surface area (Å²) in [7, 11) is -4.03. The molecule has 1 saturated heterocycles. The summed E-state index contributed by atoms with van der Waals surface area (Å²) in [5.74, 6) is -1.69. The molecule has 2 saturated carbocycles. The van der Waals surface area contributed by atoms with Crippen LogP contribution >= 0.6 is 0 Å². The smallest absolute Gasteiger partial charge is 0.412 e. The minimum atomic E-state index is -4.03. The molecular formula is C33H38N4O8S. The SMILES string of the molecule is Cc1ccccc1[C@@H](C)OC(=O)Nc1c(C)noc1C1CC2(C1)CN(c1ccc(C3(C(=O)NS(=O)(=O)CCC(=O)O)CC3)cc1)C2. The third-order valence-electron chi connectivity index (χ3n) is 9.61. The molecule has 3 aromatic rings. The number of carboxylic acid groups (broad SMARTS) is 1. The maximum absolute atomic E-state index is 12.9. The van der Waals surface area contributed by atoms with Crippen LogP contribution in [0.1, 0.15) is 79.2 Å². The Morgan fingerprint density at radius 1 is 1.09 bits per heavy atom. The van der Waals surface area contributed by atoms with Crippen molar-refractivity contribution < 1.29 is 37.2 Å². The highest BCUT2D eigenvalue weighted by Gasteiger charge is 2.55. The highest BCUT2D eigenvalue weighted by Crippen LogP contribution is 2.58. The van der Waals surface area contributed by atoms with Crippen LogP contribution in [-0.4, -0.2) is 55.5 Å². The van der Waals surface area contributed by atoms with Gasteiger partial charge in [-0.1, -0.05) is 41.6 Å². The standard InChI is InChI=1S/C33H38N4O8S/c1-20-6-4-5-7-26(20)22(3)44-31(41)34-28-21(2)35-45-29(28)23-16-32(17-23)18-37(19-32)25-10-8-24(9-11-25)33(13-14-33)30(40)36-46(42,43)15-12-27(38)39/h4-11,22-23H,12-19H2,1-3H3,(H,34,41)(H,36,40)(H,38,39)/t22-/m1/s1. The van der Waals surface area contributed by atoms with Crippen LogP contribution < -0.4 is 14.9 Å². The number of benzene rings is 2. The van der Waals surface area contributed by atoms with E-state index in [9.17, 15) is 22.8 Å². The van der Waals surface area contributed by atoms with Crippen molar-refractivity contribution in [1.82, 2.24) is 9.88 Å². The molecule has 244 valence electrons. The number of nitrogens with one attached hydrogen (secondary N) is 2. The molecule has 2 aliphatic carbocycles. The van der Waals surface area contributed by atoms with Crippen LogP contribution in [0.4, 0.5) is 16.2 Å². The lowest BCUT2D eigenvalue weighted by Gasteiger charge is -2.59. The molecule has 3 N–H and O–H groups in total. The number of aryl methyl sites for hydroxylation is 2. The van der Waals surface area contributed by atoms with Crippen molar-refractivity contribution in [3.05, 3.63) is 76.7 Å². The Morgan fingerprint density at radius 2 is 1.76 bits per heavy atom. The normalized spacial score (nSPS) is 18.6. The van der Waals surface area contributed by atoms with Crippen LogP contribution in [0.25, 0.3) is 0 Å². The van der Waals surface area contributed by atoms with Gasteiger partial charge >= 0.3 is 12.1 Å². The van der Waals surface area contributed by atoms with Crippen molar-refractivity contribution in [2.45, 2.75) is 70.3 Å². The molecule has 0 unspecified atom stereocenters. The maximum atomic E-state index is 12.9. The van der Waals surface area contributed by atoms with Crippen molar-refractivity contribution in [1.29, 1.82) is 0 Å². The molecule has 13 heteroatoms. The minimum absolute atomic E-state index is 0.134. The zero-order valence-electron chi connectivity index (χ0n) is 26.0. The number of carbonyl (C=O) groups excluding carboxylic acids is 2. The van der Waals surface area contributed by atoms with Gasteiger partial charge in [-0.15, -0.1) is 0 Å². The topological polar surface area (TPSA) is 168 Å². The van der Waals surface area contributed by atoms with E-state index in [1.807, 2.05) is 62.4 Å². The van der Waals surface area contributed by atoms with E-state index in [1.165, 1.54) is 0 Å². The summed E-state index contributed by atoms with van der Waals surface area (Å²) in [6.07, 6.45) is 1.33. The molecule has 2 amide bonds. The number of aromatic nitrogens is 1. The molecule has 1 spiro atoms. The van der Waals surface area contributed by atoms with Gasteiger partial charge in [-0.3, -0.25) is 19.6 Å². The molecule has 1 aliphatic heterocycles. The molecule has 46 heavy (non-hydrogen) atoms. The van der Waals surface area contributed by atoms with Crippen LogP contribution in [0, 0.1) is 19.3 Å². The van der Waals surface area contributed by atoms with Crippen molar-refractivity contribution in [3.63, 3.8) is 0 Å². The van der Waals surface area contributed by atoms with Crippen molar-refractivity contribution in [2.75, 3.05) is 29.1 Å². The summed E-state index contributed by atoms with van der Waals surface area (Å²) >= 11 is 0. The minimum Gasteiger partial charge on any atom is -0.481 e. The first-order valence-corrected chi connectivity index (χ1v) is 17.1. The molecule has 12 nitrogen and oxygen atoms in total. The molecular weight excluding hydrogens is 612 g/mol. The molecule has 0 radical (unpaired) electrons. The second-order valence-corrected chi connectivity index (χ2v) is 14.9. The lowest BCUT2D eigenvalue weighted by atomic mass is 9.57. The first-order valence-electron chi connectivity index (χ1n) is 15.4. The summed E-state index contributed by atoms with van der Waals surface area (Å²) in [6, 6.07) is 15.4. The molecule has 1 atom stereocenters. The fourth-order valence-electron chi connectivity index (χ4n) is 6.87. The van der Waals surface area contributed by atoms with Gasteiger partial charge in [-0.25, -0.2) is 13.2 Å². The molecule has 3 aliphatic rings. The third kappa shape index (κ3) is 6.20. The average molecular weight is 651 g/mol. The number of nitrogens with zero attached hydrogens (tertiary/aromatic N) is 2. The summed E-state index contributed by atoms with van der Waals surface area (Å²) in [6.45, 7) is 7.35. The molecule has 6 rings (SSSR count). The highest BCUT2D eigenvalue weighted by atomic mass is 32.2. The predicted octanol–water partition coefficient (Wildman–Crippen LogP) is 4.94. The predicted molar refractivity (Wildman–Crippen MR) is 169 cm³/mol. The number of hydrogen-bond acceptors (Lipinski definition) is 9. The quantitative estimate of drug-likeness (QED) is 0.259. The van der Waals surface area contributed by atoms with Gasteiger partial charge in [-0.2, -0.15) is 0 Å². The molecule has 3 fully saturated rings.